The molecule has 0 saturated heterocycles. The highest BCUT2D eigenvalue weighted by molar-refractivity contribution is 5.88. The fourth-order valence-electron chi connectivity index (χ4n) is 2.51. The summed E-state index contributed by atoms with van der Waals surface area (Å²) in [5.74, 6) is 0.292. The van der Waals surface area contributed by atoms with Gasteiger partial charge in [-0.1, -0.05) is 12.1 Å². The zero-order valence-electron chi connectivity index (χ0n) is 13.6. The summed E-state index contributed by atoms with van der Waals surface area (Å²) in [7, 11) is 1.59. The second-order valence-corrected chi connectivity index (χ2v) is 5.66. The van der Waals surface area contributed by atoms with Crippen molar-refractivity contribution in [3.05, 3.63) is 65.2 Å². The van der Waals surface area contributed by atoms with Gasteiger partial charge < -0.3 is 14.5 Å². The average Bonchev–Trinajstić information content (AvgIpc) is 2.98. The third-order valence-electron chi connectivity index (χ3n) is 3.94. The Hall–Kier alpha value is -2.82. The number of benzene rings is 2. The van der Waals surface area contributed by atoms with Crippen molar-refractivity contribution in [2.75, 3.05) is 7.11 Å². The lowest BCUT2D eigenvalue weighted by Crippen LogP contribution is -2.24. The molecule has 0 aliphatic heterocycles. The number of rotatable bonds is 5. The minimum absolute atomic E-state index is 0.144. The smallest absolute Gasteiger partial charge is 0.224 e. The number of aryl methyl sites for hydroxylation is 1. The lowest BCUT2D eigenvalue weighted by molar-refractivity contribution is -0.120. The Morgan fingerprint density at radius 3 is 2.83 bits per heavy atom. The van der Waals surface area contributed by atoms with Gasteiger partial charge in [-0.25, -0.2) is 4.39 Å². The topological polar surface area (TPSA) is 51.5 Å². The molecule has 24 heavy (non-hydrogen) atoms. The van der Waals surface area contributed by atoms with E-state index < -0.39 is 0 Å². The van der Waals surface area contributed by atoms with E-state index in [0.29, 0.717) is 23.4 Å². The van der Waals surface area contributed by atoms with Crippen molar-refractivity contribution < 1.29 is 18.3 Å². The quantitative estimate of drug-likeness (QED) is 0.776. The molecule has 0 bridgehead atoms. The molecule has 0 unspecified atom stereocenters. The van der Waals surface area contributed by atoms with Crippen LogP contribution in [-0.4, -0.2) is 13.0 Å². The van der Waals surface area contributed by atoms with Crippen LogP contribution < -0.4 is 10.1 Å². The number of carbonyl (C=O) groups excluding carboxylic acids is 1. The number of methoxy groups -OCH3 is 1. The van der Waals surface area contributed by atoms with E-state index in [4.69, 9.17) is 9.15 Å². The molecule has 1 N–H and O–H groups in total. The van der Waals surface area contributed by atoms with Crippen LogP contribution >= 0.6 is 0 Å². The third-order valence-corrected chi connectivity index (χ3v) is 3.94. The number of hydrogen-bond donors (Lipinski definition) is 1. The molecule has 124 valence electrons. The monoisotopic (exact) mass is 327 g/mol. The van der Waals surface area contributed by atoms with Crippen molar-refractivity contribution in [1.29, 1.82) is 0 Å². The summed E-state index contributed by atoms with van der Waals surface area (Å²) in [4.78, 5) is 12.1. The molecular weight excluding hydrogens is 309 g/mol. The van der Waals surface area contributed by atoms with E-state index in [9.17, 15) is 9.18 Å². The van der Waals surface area contributed by atoms with Crippen LogP contribution in [0.4, 0.5) is 4.39 Å². The van der Waals surface area contributed by atoms with E-state index >= 15 is 0 Å². The number of amides is 1. The Kier molecular flexibility index (Phi) is 4.51. The third kappa shape index (κ3) is 3.40. The molecule has 0 spiro atoms. The molecule has 2 aromatic carbocycles. The summed E-state index contributed by atoms with van der Waals surface area (Å²) in [6, 6.07) is 10.4. The highest BCUT2D eigenvalue weighted by Crippen LogP contribution is 2.25. The van der Waals surface area contributed by atoms with Crippen LogP contribution in [0.3, 0.4) is 0 Å². The van der Waals surface area contributed by atoms with E-state index in [1.807, 2.05) is 12.1 Å². The number of carbonyl (C=O) groups is 1. The SMILES string of the molecule is COc1ccc2c(CC(=O)NCc3ccc(C)c(F)c3)coc2c1. The lowest BCUT2D eigenvalue weighted by atomic mass is 10.1. The van der Waals surface area contributed by atoms with Gasteiger partial charge in [0.15, 0.2) is 0 Å². The Labute approximate surface area is 139 Å². The molecule has 0 saturated carbocycles. The molecule has 0 atom stereocenters. The summed E-state index contributed by atoms with van der Waals surface area (Å²) in [6.07, 6.45) is 1.78. The molecule has 3 aromatic rings. The summed E-state index contributed by atoms with van der Waals surface area (Å²) in [5, 5.41) is 3.68. The number of ether oxygens (including phenoxy) is 1. The van der Waals surface area contributed by atoms with Gasteiger partial charge in [0.2, 0.25) is 5.91 Å². The van der Waals surface area contributed by atoms with Crippen molar-refractivity contribution in [2.45, 2.75) is 19.9 Å². The lowest BCUT2D eigenvalue weighted by Gasteiger charge is -2.06. The van der Waals surface area contributed by atoms with Gasteiger partial charge in [-0.15, -0.1) is 0 Å². The molecule has 0 fully saturated rings. The van der Waals surface area contributed by atoms with Crippen molar-refractivity contribution in [2.24, 2.45) is 0 Å². The Bertz CT molecular complexity index is 885. The molecule has 1 amide bonds. The minimum Gasteiger partial charge on any atom is -0.497 e. The van der Waals surface area contributed by atoms with Crippen LogP contribution in [0.2, 0.25) is 0 Å². The molecule has 0 radical (unpaired) electrons. The maximum atomic E-state index is 13.5. The molecule has 1 aromatic heterocycles. The van der Waals surface area contributed by atoms with Gasteiger partial charge in [0.25, 0.3) is 0 Å². The largest absolute Gasteiger partial charge is 0.497 e. The number of nitrogens with one attached hydrogen (secondary N) is 1. The van der Waals surface area contributed by atoms with Gasteiger partial charge in [-0.05, 0) is 36.2 Å². The van der Waals surface area contributed by atoms with Crippen LogP contribution in [-0.2, 0) is 17.8 Å². The van der Waals surface area contributed by atoms with Gasteiger partial charge >= 0.3 is 0 Å². The summed E-state index contributed by atoms with van der Waals surface area (Å²) in [6.45, 7) is 2.00. The predicted octanol–water partition coefficient (Wildman–Crippen LogP) is 3.75. The van der Waals surface area contributed by atoms with Crippen LogP contribution in [0.5, 0.6) is 5.75 Å². The van der Waals surface area contributed by atoms with Gasteiger partial charge in [0.05, 0.1) is 19.8 Å². The Morgan fingerprint density at radius 1 is 1.25 bits per heavy atom. The predicted molar refractivity (Wildman–Crippen MR) is 89.5 cm³/mol. The fourth-order valence-corrected chi connectivity index (χ4v) is 2.51. The summed E-state index contributed by atoms with van der Waals surface area (Å²) >= 11 is 0. The first-order chi connectivity index (χ1) is 11.6. The van der Waals surface area contributed by atoms with Crippen molar-refractivity contribution >= 4 is 16.9 Å². The van der Waals surface area contributed by atoms with E-state index in [0.717, 1.165) is 16.5 Å². The highest BCUT2D eigenvalue weighted by Gasteiger charge is 2.11. The first-order valence-corrected chi connectivity index (χ1v) is 7.62. The highest BCUT2D eigenvalue weighted by atomic mass is 19.1. The molecule has 4 nitrogen and oxygen atoms in total. The second kappa shape index (κ2) is 6.74. The van der Waals surface area contributed by atoms with Crippen LogP contribution in [0, 0.1) is 12.7 Å². The van der Waals surface area contributed by atoms with Crippen molar-refractivity contribution in [3.8, 4) is 5.75 Å². The maximum absolute atomic E-state index is 13.5. The fraction of sp³-hybridized carbons (Fsp3) is 0.211. The average molecular weight is 327 g/mol. The molecule has 5 heteroatoms. The van der Waals surface area contributed by atoms with E-state index in [1.165, 1.54) is 6.07 Å². The first-order valence-electron chi connectivity index (χ1n) is 7.62. The summed E-state index contributed by atoms with van der Waals surface area (Å²) < 4.78 is 24.1. The Balaban J connectivity index is 1.65. The zero-order valence-corrected chi connectivity index (χ0v) is 13.6. The molecule has 0 aliphatic rings. The second-order valence-electron chi connectivity index (χ2n) is 5.66. The van der Waals surface area contributed by atoms with Crippen LogP contribution in [0.25, 0.3) is 11.0 Å². The van der Waals surface area contributed by atoms with Gasteiger partial charge in [-0.2, -0.15) is 0 Å². The van der Waals surface area contributed by atoms with Gasteiger partial charge in [0.1, 0.15) is 17.1 Å². The van der Waals surface area contributed by atoms with Crippen LogP contribution in [0.15, 0.2) is 47.1 Å². The normalized spacial score (nSPS) is 10.8. The molecule has 0 aliphatic carbocycles. The van der Waals surface area contributed by atoms with E-state index in [2.05, 4.69) is 5.32 Å². The van der Waals surface area contributed by atoms with Gasteiger partial charge in [-0.3, -0.25) is 4.79 Å². The molecule has 1 heterocycles. The molecular formula is C19H18FNO3. The number of furan rings is 1. The van der Waals surface area contributed by atoms with Gasteiger partial charge in [0, 0.05) is 23.6 Å². The number of halogens is 1. The Morgan fingerprint density at radius 2 is 2.08 bits per heavy atom. The number of hydrogen-bond acceptors (Lipinski definition) is 3. The first kappa shape index (κ1) is 16.1. The van der Waals surface area contributed by atoms with Crippen molar-refractivity contribution in [3.63, 3.8) is 0 Å². The standard InChI is InChI=1S/C19H18FNO3/c1-12-3-4-13(7-17(12)20)10-21-19(22)8-14-11-24-18-9-15(23-2)5-6-16(14)18/h3-7,9,11H,8,10H2,1-2H3,(H,21,22). The van der Waals surface area contributed by atoms with E-state index in [-0.39, 0.29) is 18.1 Å². The molecule has 3 rings (SSSR count). The number of fused-ring (bicyclic) bond motifs is 1. The zero-order chi connectivity index (χ0) is 17.1. The van der Waals surface area contributed by atoms with Crippen molar-refractivity contribution in [1.82, 2.24) is 5.32 Å². The summed E-state index contributed by atoms with van der Waals surface area (Å²) in [5.41, 5.74) is 2.80. The van der Waals surface area contributed by atoms with Crippen LogP contribution in [0.1, 0.15) is 16.7 Å². The minimum atomic E-state index is -0.267. The maximum Gasteiger partial charge on any atom is 0.224 e. The van der Waals surface area contributed by atoms with E-state index in [1.54, 1.807) is 38.5 Å².